The van der Waals surface area contributed by atoms with Crippen LogP contribution < -0.4 is 4.74 Å². The van der Waals surface area contributed by atoms with Crippen LogP contribution in [-0.4, -0.2) is 32.9 Å². The minimum absolute atomic E-state index is 0.358. The Bertz CT molecular complexity index is 768. The number of benzene rings is 2. The molecule has 0 aliphatic carbocycles. The quantitative estimate of drug-likeness (QED) is 0.733. The molecule has 2 aromatic rings. The van der Waals surface area contributed by atoms with Gasteiger partial charge in [0.05, 0.1) is 25.4 Å². The van der Waals surface area contributed by atoms with Gasteiger partial charge in [0, 0.05) is 19.1 Å². The van der Waals surface area contributed by atoms with Gasteiger partial charge in [-0.15, -0.1) is 0 Å². The number of methoxy groups -OCH3 is 3. The van der Waals surface area contributed by atoms with E-state index < -0.39 is 11.6 Å². The van der Waals surface area contributed by atoms with Crippen LogP contribution in [0, 0.1) is 5.82 Å². The van der Waals surface area contributed by atoms with Crippen molar-refractivity contribution in [1.29, 1.82) is 0 Å². The molecule has 0 amide bonds. The van der Waals surface area contributed by atoms with Gasteiger partial charge in [0.2, 0.25) is 0 Å². The Morgan fingerprint density at radius 3 is 2.36 bits per heavy atom. The lowest BCUT2D eigenvalue weighted by Gasteiger charge is -2.25. The van der Waals surface area contributed by atoms with E-state index in [0.717, 1.165) is 5.56 Å². The lowest BCUT2D eigenvalue weighted by Crippen LogP contribution is -2.26. The largest absolute Gasteiger partial charge is 0.497 e. The monoisotopic (exact) mass is 346 g/mol. The van der Waals surface area contributed by atoms with Crippen molar-refractivity contribution in [3.63, 3.8) is 0 Å². The second-order valence-corrected chi connectivity index (χ2v) is 6.35. The van der Waals surface area contributed by atoms with E-state index in [1.54, 1.807) is 37.4 Å². The van der Waals surface area contributed by atoms with Gasteiger partial charge in [-0.2, -0.15) is 0 Å². The summed E-state index contributed by atoms with van der Waals surface area (Å²) in [5.41, 5.74) is 1.84. The molecular weight excluding hydrogens is 323 g/mol. The summed E-state index contributed by atoms with van der Waals surface area (Å²) in [6.45, 7) is 3.87. The minimum atomic E-state index is -0.473. The summed E-state index contributed by atoms with van der Waals surface area (Å²) in [4.78, 5) is 11.9. The first-order valence-corrected chi connectivity index (χ1v) is 7.91. The third kappa shape index (κ3) is 4.37. The molecule has 0 fully saturated rings. The highest BCUT2D eigenvalue weighted by Crippen LogP contribution is 2.33. The van der Waals surface area contributed by atoms with E-state index in [0.29, 0.717) is 28.9 Å². The van der Waals surface area contributed by atoms with Crippen LogP contribution in [0.15, 0.2) is 36.4 Å². The first-order chi connectivity index (χ1) is 11.8. The van der Waals surface area contributed by atoms with Crippen LogP contribution in [0.5, 0.6) is 5.75 Å². The van der Waals surface area contributed by atoms with Crippen LogP contribution in [0.1, 0.15) is 29.8 Å². The highest BCUT2D eigenvalue weighted by atomic mass is 19.1. The Hall–Kier alpha value is -2.40. The van der Waals surface area contributed by atoms with Crippen molar-refractivity contribution in [2.24, 2.45) is 0 Å². The summed E-state index contributed by atoms with van der Waals surface area (Å²) < 4.78 is 29.9. The van der Waals surface area contributed by atoms with Crippen molar-refractivity contribution in [3.8, 4) is 16.9 Å². The molecule has 0 radical (unpaired) electrons. The van der Waals surface area contributed by atoms with Crippen LogP contribution in [0.25, 0.3) is 11.1 Å². The van der Waals surface area contributed by atoms with Crippen molar-refractivity contribution in [2.75, 3.05) is 21.3 Å². The van der Waals surface area contributed by atoms with E-state index in [9.17, 15) is 9.18 Å². The summed E-state index contributed by atoms with van der Waals surface area (Å²) in [6.07, 6.45) is 0.500. The third-order valence-electron chi connectivity index (χ3n) is 4.16. The predicted octanol–water partition coefficient (Wildman–Crippen LogP) is 4.26. The van der Waals surface area contributed by atoms with Gasteiger partial charge in [-0.3, -0.25) is 0 Å². The maximum Gasteiger partial charge on any atom is 0.337 e. The first kappa shape index (κ1) is 18.9. The summed E-state index contributed by atoms with van der Waals surface area (Å²) in [5.74, 6) is -0.234. The minimum Gasteiger partial charge on any atom is -0.497 e. The Labute approximate surface area is 147 Å². The topological polar surface area (TPSA) is 44.8 Å². The lowest BCUT2D eigenvalue weighted by molar-refractivity contribution is 0.0232. The fourth-order valence-corrected chi connectivity index (χ4v) is 2.62. The van der Waals surface area contributed by atoms with E-state index in [4.69, 9.17) is 14.2 Å². The summed E-state index contributed by atoms with van der Waals surface area (Å²) in [7, 11) is 4.49. The van der Waals surface area contributed by atoms with Gasteiger partial charge < -0.3 is 14.2 Å². The number of carbonyl (C=O) groups excluding carboxylic acids is 1. The van der Waals surface area contributed by atoms with Gasteiger partial charge in [0.25, 0.3) is 0 Å². The number of rotatable bonds is 6. The van der Waals surface area contributed by atoms with Crippen LogP contribution in [0.4, 0.5) is 4.39 Å². The van der Waals surface area contributed by atoms with E-state index >= 15 is 0 Å². The summed E-state index contributed by atoms with van der Waals surface area (Å²) >= 11 is 0. The molecule has 0 heterocycles. The number of hydrogen-bond acceptors (Lipinski definition) is 4. The van der Waals surface area contributed by atoms with E-state index in [1.807, 2.05) is 13.8 Å². The second kappa shape index (κ2) is 7.66. The Kier molecular flexibility index (Phi) is 5.80. The van der Waals surface area contributed by atoms with Crippen molar-refractivity contribution in [2.45, 2.75) is 25.9 Å². The highest BCUT2D eigenvalue weighted by molar-refractivity contribution is 5.90. The van der Waals surface area contributed by atoms with E-state index in [2.05, 4.69) is 0 Å². The van der Waals surface area contributed by atoms with Crippen LogP contribution in [0.2, 0.25) is 0 Å². The van der Waals surface area contributed by atoms with Gasteiger partial charge in [0.1, 0.15) is 11.6 Å². The molecule has 0 atom stereocenters. The molecule has 0 saturated heterocycles. The summed E-state index contributed by atoms with van der Waals surface area (Å²) in [6, 6.07) is 9.66. The number of carbonyl (C=O) groups is 1. The molecule has 0 aliphatic rings. The molecule has 0 saturated carbocycles. The summed E-state index contributed by atoms with van der Waals surface area (Å²) in [5, 5.41) is 0. The van der Waals surface area contributed by atoms with Gasteiger partial charge in [0.15, 0.2) is 0 Å². The molecule has 4 nitrogen and oxygen atoms in total. The molecule has 2 rings (SSSR count). The van der Waals surface area contributed by atoms with Crippen LogP contribution >= 0.6 is 0 Å². The normalized spacial score (nSPS) is 11.3. The zero-order valence-electron chi connectivity index (χ0n) is 15.2. The SMILES string of the molecule is COC(=O)c1ccc(-c2cc(OC)ccc2F)c(CC(C)(C)OC)c1. The van der Waals surface area contributed by atoms with E-state index in [-0.39, 0.29) is 5.82 Å². The molecular formula is C20H23FO4. The predicted molar refractivity (Wildman–Crippen MR) is 94.5 cm³/mol. The molecule has 0 aromatic heterocycles. The Morgan fingerprint density at radius 2 is 1.76 bits per heavy atom. The number of halogens is 1. The first-order valence-electron chi connectivity index (χ1n) is 7.91. The average molecular weight is 346 g/mol. The van der Waals surface area contributed by atoms with Crippen LogP contribution in [-0.2, 0) is 15.9 Å². The molecule has 2 aromatic carbocycles. The second-order valence-electron chi connectivity index (χ2n) is 6.35. The van der Waals surface area contributed by atoms with Gasteiger partial charge >= 0.3 is 5.97 Å². The smallest absolute Gasteiger partial charge is 0.337 e. The number of hydrogen-bond donors (Lipinski definition) is 0. The number of esters is 1. The maximum absolute atomic E-state index is 14.4. The fraction of sp³-hybridized carbons (Fsp3) is 0.350. The molecule has 0 bridgehead atoms. The van der Waals surface area contributed by atoms with Crippen molar-refractivity contribution in [3.05, 3.63) is 53.3 Å². The standard InChI is InChI=1S/C20H23FO4/c1-20(2,25-5)12-14-10-13(19(22)24-4)6-8-16(14)17-11-15(23-3)7-9-18(17)21/h6-11H,12H2,1-5H3. The molecule has 0 spiro atoms. The van der Waals surface area contributed by atoms with Crippen molar-refractivity contribution < 1.29 is 23.4 Å². The average Bonchev–Trinajstić information content (AvgIpc) is 2.61. The third-order valence-corrected chi connectivity index (χ3v) is 4.16. The maximum atomic E-state index is 14.4. The van der Waals surface area contributed by atoms with Crippen LogP contribution in [0.3, 0.4) is 0 Å². The lowest BCUT2D eigenvalue weighted by atomic mass is 9.89. The molecule has 0 aliphatic heterocycles. The molecule has 134 valence electrons. The van der Waals surface area contributed by atoms with Gasteiger partial charge in [-0.1, -0.05) is 6.07 Å². The zero-order valence-corrected chi connectivity index (χ0v) is 15.2. The van der Waals surface area contributed by atoms with Gasteiger partial charge in [-0.25, -0.2) is 9.18 Å². The van der Waals surface area contributed by atoms with Crippen molar-refractivity contribution in [1.82, 2.24) is 0 Å². The Balaban J connectivity index is 2.62. The molecule has 5 heteroatoms. The van der Waals surface area contributed by atoms with E-state index in [1.165, 1.54) is 20.3 Å². The molecule has 0 N–H and O–H groups in total. The number of ether oxygens (including phenoxy) is 3. The fourth-order valence-electron chi connectivity index (χ4n) is 2.62. The molecule has 25 heavy (non-hydrogen) atoms. The Morgan fingerprint density at radius 1 is 1.04 bits per heavy atom. The van der Waals surface area contributed by atoms with Crippen molar-refractivity contribution >= 4 is 5.97 Å². The highest BCUT2D eigenvalue weighted by Gasteiger charge is 2.22. The van der Waals surface area contributed by atoms with Gasteiger partial charge in [-0.05, 0) is 55.3 Å². The molecule has 0 unspecified atom stereocenters. The zero-order chi connectivity index (χ0) is 18.6.